The number of carbonyl (C=O) groups is 2. The molecule has 2 fully saturated rings. The van der Waals surface area contributed by atoms with Gasteiger partial charge in [-0.2, -0.15) is 4.31 Å². The summed E-state index contributed by atoms with van der Waals surface area (Å²) in [7, 11) is -3.64. The van der Waals surface area contributed by atoms with E-state index >= 15 is 0 Å². The highest BCUT2D eigenvalue weighted by molar-refractivity contribution is 8.00. The van der Waals surface area contributed by atoms with Gasteiger partial charge in [0.15, 0.2) is 0 Å². The van der Waals surface area contributed by atoms with Crippen LogP contribution in [0.1, 0.15) is 27.9 Å². The lowest BCUT2D eigenvalue weighted by atomic mass is 10.1. The van der Waals surface area contributed by atoms with Crippen LogP contribution in [0.2, 0.25) is 0 Å². The van der Waals surface area contributed by atoms with Gasteiger partial charge in [0, 0.05) is 30.4 Å². The van der Waals surface area contributed by atoms with Crippen LogP contribution in [0.5, 0.6) is 0 Å². The minimum absolute atomic E-state index is 0.00550. The Balaban J connectivity index is 1.31. The molecule has 180 valence electrons. The average molecular weight is 500 g/mol. The van der Waals surface area contributed by atoms with Gasteiger partial charge in [-0.15, -0.1) is 11.8 Å². The van der Waals surface area contributed by atoms with Gasteiger partial charge in [0.1, 0.15) is 0 Å². The molecule has 2 N–H and O–H groups in total. The highest BCUT2D eigenvalue weighted by Gasteiger charge is 2.45. The Kier molecular flexibility index (Phi) is 7.45. The average Bonchev–Trinajstić information content (AvgIpc) is 3.38. The van der Waals surface area contributed by atoms with Crippen LogP contribution in [0.15, 0.2) is 66.1 Å². The van der Waals surface area contributed by atoms with Crippen molar-refractivity contribution in [1.29, 1.82) is 0 Å². The Hall–Kier alpha value is -2.62. The van der Waals surface area contributed by atoms with Gasteiger partial charge in [-0.1, -0.05) is 36.4 Å². The third-order valence-corrected chi connectivity index (χ3v) is 9.60. The Bertz CT molecular complexity index is 1170. The molecule has 2 aliphatic rings. The van der Waals surface area contributed by atoms with Crippen molar-refractivity contribution in [2.75, 3.05) is 19.6 Å². The van der Waals surface area contributed by atoms with Crippen LogP contribution >= 0.6 is 11.8 Å². The van der Waals surface area contributed by atoms with Crippen LogP contribution < -0.4 is 10.6 Å². The zero-order chi connectivity index (χ0) is 24.3. The number of hydrogen-bond donors (Lipinski definition) is 2. The van der Waals surface area contributed by atoms with E-state index in [4.69, 9.17) is 0 Å². The number of thioether (sulfide) groups is 1. The van der Waals surface area contributed by atoms with Gasteiger partial charge in [-0.3, -0.25) is 9.59 Å². The van der Waals surface area contributed by atoms with Crippen molar-refractivity contribution in [3.05, 3.63) is 77.9 Å². The first-order chi connectivity index (χ1) is 16.3. The first kappa shape index (κ1) is 24.5. The van der Waals surface area contributed by atoms with Crippen LogP contribution in [-0.2, 0) is 21.2 Å². The van der Waals surface area contributed by atoms with E-state index in [2.05, 4.69) is 23.3 Å². The zero-order valence-corrected chi connectivity index (χ0v) is 20.7. The second-order valence-corrected chi connectivity index (χ2v) is 12.1. The molecule has 0 aliphatic carbocycles. The van der Waals surface area contributed by atoms with Gasteiger partial charge in [0.25, 0.3) is 5.91 Å². The molecule has 9 heteroatoms. The minimum Gasteiger partial charge on any atom is -0.352 e. The number of rotatable bonds is 8. The third-order valence-electron chi connectivity index (χ3n) is 6.23. The maximum Gasteiger partial charge on any atom is 0.251 e. The number of amides is 2. The van der Waals surface area contributed by atoms with E-state index < -0.39 is 10.0 Å². The standard InChI is InChI=1S/C25H29N3O4S2/c1-3-23(29)27-24-14-20-15-28(16-22(20)33-24)34(31,32)21-9-7-19(8-10-21)25(30)26-12-11-18-6-4-5-17(2)13-18/h3-10,13,20,22,24H,1,11-12,14-16H2,2H3,(H,26,30)(H,27,29). The molecule has 3 unspecified atom stereocenters. The van der Waals surface area contributed by atoms with Crippen molar-refractivity contribution in [2.24, 2.45) is 5.92 Å². The lowest BCUT2D eigenvalue weighted by Crippen LogP contribution is -2.33. The first-order valence-electron chi connectivity index (χ1n) is 11.3. The zero-order valence-electron chi connectivity index (χ0n) is 19.1. The van der Waals surface area contributed by atoms with Crippen molar-refractivity contribution in [1.82, 2.24) is 14.9 Å². The van der Waals surface area contributed by atoms with E-state index in [9.17, 15) is 18.0 Å². The SMILES string of the molecule is C=CC(=O)NC1CC2CN(S(=O)(=O)c3ccc(C(=O)NCCc4cccc(C)c4)cc3)CC2S1. The fourth-order valence-electron chi connectivity index (χ4n) is 4.45. The van der Waals surface area contributed by atoms with Crippen molar-refractivity contribution < 1.29 is 18.0 Å². The molecule has 4 rings (SSSR count). The van der Waals surface area contributed by atoms with E-state index in [0.29, 0.717) is 25.2 Å². The van der Waals surface area contributed by atoms with Crippen molar-refractivity contribution in [2.45, 2.75) is 35.3 Å². The molecular formula is C25H29N3O4S2. The first-order valence-corrected chi connectivity index (χ1v) is 13.7. The van der Waals surface area contributed by atoms with Crippen LogP contribution in [-0.4, -0.2) is 54.8 Å². The monoisotopic (exact) mass is 499 g/mol. The quantitative estimate of drug-likeness (QED) is 0.545. The molecule has 0 aromatic heterocycles. The second-order valence-electron chi connectivity index (χ2n) is 8.71. The maximum absolute atomic E-state index is 13.1. The highest BCUT2D eigenvalue weighted by Crippen LogP contribution is 2.43. The van der Waals surface area contributed by atoms with E-state index in [1.165, 1.54) is 28.1 Å². The smallest absolute Gasteiger partial charge is 0.251 e. The van der Waals surface area contributed by atoms with Crippen LogP contribution in [0.25, 0.3) is 0 Å². The highest BCUT2D eigenvalue weighted by atomic mass is 32.2. The molecule has 2 aliphatic heterocycles. The Labute approximate surface area is 205 Å². The fraction of sp³-hybridized carbons (Fsp3) is 0.360. The van der Waals surface area contributed by atoms with Gasteiger partial charge in [-0.05, 0) is 61.6 Å². The van der Waals surface area contributed by atoms with Crippen molar-refractivity contribution >= 4 is 33.6 Å². The summed E-state index contributed by atoms with van der Waals surface area (Å²) < 4.78 is 27.8. The van der Waals surface area contributed by atoms with Gasteiger partial charge < -0.3 is 10.6 Å². The second kappa shape index (κ2) is 10.3. The number of hydrogen-bond acceptors (Lipinski definition) is 5. The maximum atomic E-state index is 13.1. The third kappa shape index (κ3) is 5.54. The summed E-state index contributed by atoms with van der Waals surface area (Å²) in [5.41, 5.74) is 2.77. The largest absolute Gasteiger partial charge is 0.352 e. The summed E-state index contributed by atoms with van der Waals surface area (Å²) in [5, 5.41) is 5.93. The van der Waals surface area contributed by atoms with Gasteiger partial charge in [0.2, 0.25) is 15.9 Å². The summed E-state index contributed by atoms with van der Waals surface area (Å²) in [4.78, 5) is 24.2. The number of carbonyl (C=O) groups excluding carboxylic acids is 2. The van der Waals surface area contributed by atoms with Crippen LogP contribution in [0.3, 0.4) is 0 Å². The number of aryl methyl sites for hydroxylation is 1. The van der Waals surface area contributed by atoms with Crippen molar-refractivity contribution in [3.63, 3.8) is 0 Å². The minimum atomic E-state index is -3.64. The number of sulfonamides is 1. The molecule has 2 aromatic rings. The predicted octanol–water partition coefficient (Wildman–Crippen LogP) is 2.72. The van der Waals surface area contributed by atoms with E-state index in [1.54, 1.807) is 23.9 Å². The molecule has 3 atom stereocenters. The van der Waals surface area contributed by atoms with Crippen LogP contribution in [0.4, 0.5) is 0 Å². The van der Waals surface area contributed by atoms with E-state index in [-0.39, 0.29) is 33.3 Å². The number of nitrogens with one attached hydrogen (secondary N) is 2. The molecule has 34 heavy (non-hydrogen) atoms. The summed E-state index contributed by atoms with van der Waals surface area (Å²) in [5.74, 6) is -0.231. The Morgan fingerprint density at radius 2 is 1.94 bits per heavy atom. The lowest BCUT2D eigenvalue weighted by Gasteiger charge is -2.19. The summed E-state index contributed by atoms with van der Waals surface area (Å²) in [6, 6.07) is 14.3. The normalized spacial score (nSPS) is 22.2. The topological polar surface area (TPSA) is 95.6 Å². The summed E-state index contributed by atoms with van der Waals surface area (Å²) in [6.45, 7) is 6.85. The van der Waals surface area contributed by atoms with Crippen molar-refractivity contribution in [3.8, 4) is 0 Å². The molecule has 7 nitrogen and oxygen atoms in total. The molecule has 2 amide bonds. The molecule has 2 saturated heterocycles. The lowest BCUT2D eigenvalue weighted by molar-refractivity contribution is -0.116. The van der Waals surface area contributed by atoms with E-state index in [0.717, 1.165) is 18.4 Å². The molecule has 2 heterocycles. The molecule has 0 spiro atoms. The van der Waals surface area contributed by atoms with Crippen LogP contribution in [0, 0.1) is 12.8 Å². The molecular weight excluding hydrogens is 470 g/mol. The molecule has 0 saturated carbocycles. The molecule has 0 radical (unpaired) electrons. The number of benzene rings is 2. The fourth-order valence-corrected chi connectivity index (χ4v) is 7.72. The van der Waals surface area contributed by atoms with Gasteiger partial charge in [-0.25, -0.2) is 8.42 Å². The summed E-state index contributed by atoms with van der Waals surface area (Å²) >= 11 is 1.61. The molecule has 2 aromatic carbocycles. The molecule has 0 bridgehead atoms. The summed E-state index contributed by atoms with van der Waals surface area (Å²) in [6.07, 6.45) is 2.72. The van der Waals surface area contributed by atoms with Gasteiger partial charge >= 0.3 is 0 Å². The predicted molar refractivity (Wildman–Crippen MR) is 134 cm³/mol. The number of fused-ring (bicyclic) bond motifs is 1. The Morgan fingerprint density at radius 1 is 1.18 bits per heavy atom. The number of nitrogens with zero attached hydrogens (tertiary/aromatic N) is 1. The van der Waals surface area contributed by atoms with E-state index in [1.807, 2.05) is 25.1 Å². The Morgan fingerprint density at radius 3 is 2.62 bits per heavy atom. The van der Waals surface area contributed by atoms with Gasteiger partial charge in [0.05, 0.1) is 10.3 Å².